The SMILES string of the molecule is NCCNC(=O)c1ccccc1NC(=O)CCCOc1cccc(F)c1. The van der Waals surface area contributed by atoms with Gasteiger partial charge in [0.1, 0.15) is 11.6 Å². The van der Waals surface area contributed by atoms with Crippen LogP contribution in [0.4, 0.5) is 10.1 Å². The predicted molar refractivity (Wildman–Crippen MR) is 97.6 cm³/mol. The number of amides is 2. The number of hydrogen-bond donors (Lipinski definition) is 3. The lowest BCUT2D eigenvalue weighted by Crippen LogP contribution is -2.30. The highest BCUT2D eigenvalue weighted by atomic mass is 19.1. The fraction of sp³-hybridized carbons (Fsp3) is 0.263. The van der Waals surface area contributed by atoms with Crippen LogP contribution in [0.25, 0.3) is 0 Å². The molecular weight excluding hydrogens is 337 g/mol. The summed E-state index contributed by atoms with van der Waals surface area (Å²) in [6, 6.07) is 12.6. The average molecular weight is 359 g/mol. The third-order valence-corrected chi connectivity index (χ3v) is 3.49. The van der Waals surface area contributed by atoms with Crippen LogP contribution in [-0.4, -0.2) is 31.5 Å². The Morgan fingerprint density at radius 3 is 2.69 bits per heavy atom. The molecule has 138 valence electrons. The summed E-state index contributed by atoms with van der Waals surface area (Å²) in [6.45, 7) is 0.986. The van der Waals surface area contributed by atoms with E-state index in [0.29, 0.717) is 36.5 Å². The van der Waals surface area contributed by atoms with Gasteiger partial charge in [-0.25, -0.2) is 4.39 Å². The van der Waals surface area contributed by atoms with Crippen LogP contribution in [0.5, 0.6) is 5.75 Å². The number of nitrogens with one attached hydrogen (secondary N) is 2. The number of rotatable bonds is 9. The number of carbonyl (C=O) groups is 2. The minimum atomic E-state index is -0.371. The van der Waals surface area contributed by atoms with Crippen molar-refractivity contribution in [2.45, 2.75) is 12.8 Å². The molecule has 0 radical (unpaired) electrons. The first-order valence-corrected chi connectivity index (χ1v) is 8.35. The van der Waals surface area contributed by atoms with Crippen molar-refractivity contribution in [3.05, 3.63) is 59.9 Å². The maximum atomic E-state index is 13.0. The van der Waals surface area contributed by atoms with E-state index in [1.165, 1.54) is 12.1 Å². The largest absolute Gasteiger partial charge is 0.493 e. The normalized spacial score (nSPS) is 10.2. The predicted octanol–water partition coefficient (Wildman–Crippen LogP) is 2.31. The van der Waals surface area contributed by atoms with E-state index in [-0.39, 0.29) is 30.7 Å². The first-order chi connectivity index (χ1) is 12.6. The molecule has 7 heteroatoms. The minimum absolute atomic E-state index is 0.216. The van der Waals surface area contributed by atoms with E-state index < -0.39 is 0 Å². The molecule has 0 aliphatic heterocycles. The molecule has 2 rings (SSSR count). The zero-order valence-corrected chi connectivity index (χ0v) is 14.3. The van der Waals surface area contributed by atoms with Crippen LogP contribution >= 0.6 is 0 Å². The lowest BCUT2D eigenvalue weighted by atomic mass is 10.1. The van der Waals surface area contributed by atoms with Crippen LogP contribution in [0.1, 0.15) is 23.2 Å². The van der Waals surface area contributed by atoms with Gasteiger partial charge in [-0.3, -0.25) is 9.59 Å². The summed E-state index contributed by atoms with van der Waals surface area (Å²) in [5.41, 5.74) is 6.20. The summed E-state index contributed by atoms with van der Waals surface area (Å²) in [5.74, 6) is -0.468. The van der Waals surface area contributed by atoms with Crippen molar-refractivity contribution in [1.29, 1.82) is 0 Å². The lowest BCUT2D eigenvalue weighted by Gasteiger charge is -2.11. The van der Waals surface area contributed by atoms with E-state index in [9.17, 15) is 14.0 Å². The molecule has 0 atom stereocenters. The zero-order valence-electron chi connectivity index (χ0n) is 14.3. The molecular formula is C19H22FN3O3. The second kappa shape index (κ2) is 10.1. The van der Waals surface area contributed by atoms with Gasteiger partial charge in [0.05, 0.1) is 17.9 Å². The van der Waals surface area contributed by atoms with Crippen molar-refractivity contribution in [3.8, 4) is 5.75 Å². The van der Waals surface area contributed by atoms with Gasteiger partial charge in [0.25, 0.3) is 5.91 Å². The first-order valence-electron chi connectivity index (χ1n) is 8.35. The van der Waals surface area contributed by atoms with Crippen molar-refractivity contribution in [2.24, 2.45) is 5.73 Å². The van der Waals surface area contributed by atoms with Gasteiger partial charge in [-0.2, -0.15) is 0 Å². The fourth-order valence-corrected chi connectivity index (χ4v) is 2.26. The molecule has 0 unspecified atom stereocenters. The Hall–Kier alpha value is -2.93. The number of halogens is 1. The van der Waals surface area contributed by atoms with Crippen molar-refractivity contribution in [3.63, 3.8) is 0 Å². The molecule has 4 N–H and O–H groups in total. The summed E-state index contributed by atoms with van der Waals surface area (Å²) in [4.78, 5) is 24.2. The summed E-state index contributed by atoms with van der Waals surface area (Å²) in [6.07, 6.45) is 0.679. The highest BCUT2D eigenvalue weighted by Crippen LogP contribution is 2.16. The monoisotopic (exact) mass is 359 g/mol. The number of carbonyl (C=O) groups excluding carboxylic acids is 2. The molecule has 0 bridgehead atoms. The quantitative estimate of drug-likeness (QED) is 0.599. The van der Waals surface area contributed by atoms with Crippen molar-refractivity contribution in [1.82, 2.24) is 5.32 Å². The second-order valence-corrected chi connectivity index (χ2v) is 5.55. The van der Waals surface area contributed by atoms with Gasteiger partial charge >= 0.3 is 0 Å². The van der Waals surface area contributed by atoms with E-state index >= 15 is 0 Å². The third-order valence-electron chi connectivity index (χ3n) is 3.49. The Morgan fingerprint density at radius 1 is 1.12 bits per heavy atom. The second-order valence-electron chi connectivity index (χ2n) is 5.55. The lowest BCUT2D eigenvalue weighted by molar-refractivity contribution is -0.116. The Kier molecular flexibility index (Phi) is 7.57. The van der Waals surface area contributed by atoms with Gasteiger partial charge in [-0.05, 0) is 30.7 Å². The number of benzene rings is 2. The van der Waals surface area contributed by atoms with E-state index in [1.807, 2.05) is 0 Å². The Morgan fingerprint density at radius 2 is 1.92 bits per heavy atom. The maximum absolute atomic E-state index is 13.0. The van der Waals surface area contributed by atoms with E-state index in [4.69, 9.17) is 10.5 Å². The zero-order chi connectivity index (χ0) is 18.8. The van der Waals surface area contributed by atoms with Crippen molar-refractivity contribution >= 4 is 17.5 Å². The summed E-state index contributed by atoms with van der Waals surface area (Å²) >= 11 is 0. The Labute approximate surface area is 151 Å². The van der Waals surface area contributed by atoms with Gasteiger partial charge in [0.2, 0.25) is 5.91 Å². The van der Waals surface area contributed by atoms with Gasteiger partial charge in [-0.15, -0.1) is 0 Å². The van der Waals surface area contributed by atoms with Crippen LogP contribution in [0.15, 0.2) is 48.5 Å². The van der Waals surface area contributed by atoms with E-state index in [1.54, 1.807) is 36.4 Å². The summed E-state index contributed by atoms with van der Waals surface area (Å²) in [7, 11) is 0. The molecule has 0 aliphatic rings. The molecule has 0 fully saturated rings. The van der Waals surface area contributed by atoms with Crippen molar-refractivity contribution < 1.29 is 18.7 Å². The topological polar surface area (TPSA) is 93.5 Å². The van der Waals surface area contributed by atoms with Gasteiger partial charge < -0.3 is 21.1 Å². The van der Waals surface area contributed by atoms with Gasteiger partial charge in [0, 0.05) is 25.6 Å². The molecule has 2 aromatic carbocycles. The molecule has 2 aromatic rings. The third kappa shape index (κ3) is 6.18. The summed E-state index contributed by atoms with van der Waals surface area (Å²) in [5, 5.41) is 5.40. The first kappa shape index (κ1) is 19.4. The number of ether oxygens (including phenoxy) is 1. The average Bonchev–Trinajstić information content (AvgIpc) is 2.64. The summed E-state index contributed by atoms with van der Waals surface area (Å²) < 4.78 is 18.4. The molecule has 26 heavy (non-hydrogen) atoms. The number of para-hydroxylation sites is 1. The number of anilines is 1. The smallest absolute Gasteiger partial charge is 0.253 e. The van der Waals surface area contributed by atoms with E-state index in [0.717, 1.165) is 0 Å². The van der Waals surface area contributed by atoms with Crippen LogP contribution in [0, 0.1) is 5.82 Å². The van der Waals surface area contributed by atoms with Crippen LogP contribution in [0.2, 0.25) is 0 Å². The van der Waals surface area contributed by atoms with Crippen LogP contribution in [-0.2, 0) is 4.79 Å². The molecule has 0 aromatic heterocycles. The Bertz CT molecular complexity index is 752. The van der Waals surface area contributed by atoms with Gasteiger partial charge in [-0.1, -0.05) is 18.2 Å². The molecule has 2 amide bonds. The van der Waals surface area contributed by atoms with Crippen LogP contribution < -0.4 is 21.1 Å². The Balaban J connectivity index is 1.81. The molecule has 0 saturated heterocycles. The highest BCUT2D eigenvalue weighted by molar-refractivity contribution is 6.03. The van der Waals surface area contributed by atoms with Crippen molar-refractivity contribution in [2.75, 3.05) is 25.0 Å². The standard InChI is InChI=1S/C19H22FN3O3/c20-14-5-3-6-15(13-14)26-12-4-9-18(24)23-17-8-2-1-7-16(17)19(25)22-11-10-21/h1-3,5-8,13H,4,9-12,21H2,(H,22,25)(H,23,24). The number of hydrogen-bond acceptors (Lipinski definition) is 4. The van der Waals surface area contributed by atoms with E-state index in [2.05, 4.69) is 10.6 Å². The van der Waals surface area contributed by atoms with Crippen LogP contribution in [0.3, 0.4) is 0 Å². The highest BCUT2D eigenvalue weighted by Gasteiger charge is 2.12. The number of nitrogens with two attached hydrogens (primary N) is 1. The molecule has 6 nitrogen and oxygen atoms in total. The van der Waals surface area contributed by atoms with Gasteiger partial charge in [0.15, 0.2) is 0 Å². The minimum Gasteiger partial charge on any atom is -0.493 e. The molecule has 0 saturated carbocycles. The molecule has 0 spiro atoms. The fourth-order valence-electron chi connectivity index (χ4n) is 2.26. The molecule has 0 heterocycles. The maximum Gasteiger partial charge on any atom is 0.253 e. The molecule has 0 aliphatic carbocycles.